The molecule has 0 saturated heterocycles. The molecule has 8 rings (SSSR count). The largest absolute Gasteiger partial charge is 0.455 e. The summed E-state index contributed by atoms with van der Waals surface area (Å²) < 4.78 is 6.41. The van der Waals surface area contributed by atoms with Crippen molar-refractivity contribution in [1.29, 1.82) is 0 Å². The molecular weight excluding hydrogens is 584 g/mol. The maximum absolute atomic E-state index is 7.48. The predicted molar refractivity (Wildman–Crippen MR) is 194 cm³/mol. The quantitative estimate of drug-likeness (QED) is 0.178. The Morgan fingerprint density at radius 1 is 0.413 bits per heavy atom. The number of fused-ring (bicyclic) bond motifs is 3. The van der Waals surface area contributed by atoms with Crippen molar-refractivity contribution in [1.82, 2.24) is 0 Å². The number of anilines is 6. The van der Waals surface area contributed by atoms with Crippen molar-refractivity contribution in [3.8, 4) is 11.1 Å². The summed E-state index contributed by atoms with van der Waals surface area (Å²) in [6, 6.07) is 60.4. The second-order valence-corrected chi connectivity index (χ2v) is 11.5. The average molecular weight is 613 g/mol. The van der Waals surface area contributed by atoms with Crippen molar-refractivity contribution in [2.45, 2.75) is 0 Å². The Hall–Kier alpha value is -5.77. The van der Waals surface area contributed by atoms with Gasteiger partial charge in [-0.2, -0.15) is 0 Å². The number of hydrogen-bond donors (Lipinski definition) is 0. The lowest BCUT2D eigenvalue weighted by molar-refractivity contribution is 0.670. The van der Waals surface area contributed by atoms with Crippen LogP contribution in [0.25, 0.3) is 33.1 Å². The molecule has 0 aliphatic rings. The third kappa shape index (κ3) is 4.97. The lowest BCUT2D eigenvalue weighted by Crippen LogP contribution is -2.14. The summed E-state index contributed by atoms with van der Waals surface area (Å²) >= 11 is 7.48. The van der Waals surface area contributed by atoms with Gasteiger partial charge in [-0.1, -0.05) is 121 Å². The van der Waals surface area contributed by atoms with E-state index in [9.17, 15) is 0 Å². The summed E-state index contributed by atoms with van der Waals surface area (Å²) in [6.45, 7) is 0. The van der Waals surface area contributed by atoms with Gasteiger partial charge in [-0.25, -0.2) is 0 Å². The van der Waals surface area contributed by atoms with Gasteiger partial charge >= 0.3 is 0 Å². The molecule has 8 aromatic rings. The second kappa shape index (κ2) is 12.0. The summed E-state index contributed by atoms with van der Waals surface area (Å²) in [6.07, 6.45) is 0. The predicted octanol–water partition coefficient (Wildman–Crippen LogP) is 12.8. The smallest absolute Gasteiger partial charge is 0.143 e. The van der Waals surface area contributed by atoms with Gasteiger partial charge in [-0.3, -0.25) is 0 Å². The van der Waals surface area contributed by atoms with Gasteiger partial charge < -0.3 is 14.2 Å². The summed E-state index contributed by atoms with van der Waals surface area (Å²) in [4.78, 5) is 4.43. The highest BCUT2D eigenvalue weighted by Crippen LogP contribution is 2.47. The van der Waals surface area contributed by atoms with Crippen molar-refractivity contribution >= 4 is 67.7 Å². The van der Waals surface area contributed by atoms with E-state index < -0.39 is 0 Å². The minimum Gasteiger partial charge on any atom is -0.455 e. The maximum atomic E-state index is 7.48. The van der Waals surface area contributed by atoms with Gasteiger partial charge in [0.25, 0.3) is 0 Å². The van der Waals surface area contributed by atoms with E-state index >= 15 is 0 Å². The molecule has 1 heterocycles. The van der Waals surface area contributed by atoms with E-state index in [1.807, 2.05) is 54.6 Å². The first kappa shape index (κ1) is 27.8. The molecule has 0 fully saturated rings. The molecule has 0 saturated carbocycles. The molecule has 0 amide bonds. The molecular formula is C42H29ClN2O. The minimum atomic E-state index is 0.642. The van der Waals surface area contributed by atoms with Crippen LogP contribution in [0.1, 0.15) is 0 Å². The van der Waals surface area contributed by atoms with Crippen LogP contribution in [0.15, 0.2) is 180 Å². The summed E-state index contributed by atoms with van der Waals surface area (Å²) in [5.41, 5.74) is 9.69. The van der Waals surface area contributed by atoms with Crippen molar-refractivity contribution in [2.75, 3.05) is 9.80 Å². The van der Waals surface area contributed by atoms with Crippen LogP contribution in [-0.2, 0) is 0 Å². The third-order valence-corrected chi connectivity index (χ3v) is 8.69. The van der Waals surface area contributed by atoms with Crippen LogP contribution in [0, 0.1) is 0 Å². The van der Waals surface area contributed by atoms with Crippen molar-refractivity contribution in [2.24, 2.45) is 0 Å². The van der Waals surface area contributed by atoms with E-state index in [1.54, 1.807) is 0 Å². The van der Waals surface area contributed by atoms with E-state index in [1.165, 1.54) is 0 Å². The normalized spacial score (nSPS) is 11.2. The van der Waals surface area contributed by atoms with Gasteiger partial charge in [0.1, 0.15) is 11.2 Å². The van der Waals surface area contributed by atoms with Gasteiger partial charge in [0.2, 0.25) is 0 Å². The number of para-hydroxylation sites is 5. The molecule has 46 heavy (non-hydrogen) atoms. The highest BCUT2D eigenvalue weighted by atomic mass is 35.5. The first-order chi connectivity index (χ1) is 22.8. The molecule has 0 bridgehead atoms. The highest BCUT2D eigenvalue weighted by molar-refractivity contribution is 6.36. The van der Waals surface area contributed by atoms with Gasteiger partial charge in [0.05, 0.1) is 16.4 Å². The van der Waals surface area contributed by atoms with E-state index in [4.69, 9.17) is 16.0 Å². The Morgan fingerprint density at radius 2 is 0.891 bits per heavy atom. The van der Waals surface area contributed by atoms with Gasteiger partial charge in [-0.15, -0.1) is 0 Å². The second-order valence-electron chi connectivity index (χ2n) is 11.1. The van der Waals surface area contributed by atoms with Crippen LogP contribution in [-0.4, -0.2) is 0 Å². The van der Waals surface area contributed by atoms with Gasteiger partial charge in [0, 0.05) is 39.1 Å². The zero-order valence-corrected chi connectivity index (χ0v) is 25.7. The molecule has 0 aliphatic carbocycles. The van der Waals surface area contributed by atoms with Crippen LogP contribution in [0.4, 0.5) is 34.1 Å². The number of rotatable bonds is 7. The Balaban J connectivity index is 1.30. The molecule has 0 N–H and O–H groups in total. The zero-order valence-electron chi connectivity index (χ0n) is 24.9. The Bertz CT molecular complexity index is 2240. The van der Waals surface area contributed by atoms with E-state index in [0.29, 0.717) is 5.02 Å². The van der Waals surface area contributed by atoms with Crippen LogP contribution in [0.3, 0.4) is 0 Å². The summed E-state index contributed by atoms with van der Waals surface area (Å²) in [7, 11) is 0. The van der Waals surface area contributed by atoms with E-state index in [-0.39, 0.29) is 0 Å². The van der Waals surface area contributed by atoms with E-state index in [2.05, 4.69) is 131 Å². The molecule has 1 aromatic heterocycles. The maximum Gasteiger partial charge on any atom is 0.143 e. The van der Waals surface area contributed by atoms with Crippen molar-refractivity contribution in [3.63, 3.8) is 0 Å². The van der Waals surface area contributed by atoms with Crippen LogP contribution in [0.5, 0.6) is 0 Å². The highest BCUT2D eigenvalue weighted by Gasteiger charge is 2.22. The number of nitrogens with zero attached hydrogens (tertiary/aromatic N) is 2. The molecule has 0 atom stereocenters. The molecule has 0 radical (unpaired) electrons. The van der Waals surface area contributed by atoms with E-state index in [0.717, 1.165) is 67.2 Å². The first-order valence-electron chi connectivity index (χ1n) is 15.3. The topological polar surface area (TPSA) is 19.6 Å². The Morgan fingerprint density at radius 3 is 1.52 bits per heavy atom. The fraction of sp³-hybridized carbons (Fsp3) is 0. The number of benzene rings is 7. The number of halogens is 1. The van der Waals surface area contributed by atoms with Gasteiger partial charge in [-0.05, 0) is 72.3 Å². The Labute approximate surface area is 273 Å². The first-order valence-corrected chi connectivity index (χ1v) is 15.7. The molecule has 0 aliphatic heterocycles. The zero-order chi connectivity index (χ0) is 30.9. The van der Waals surface area contributed by atoms with Crippen LogP contribution in [0.2, 0.25) is 5.02 Å². The number of hydrogen-bond acceptors (Lipinski definition) is 3. The SMILES string of the molecule is Clc1c(N(c2ccccc2)c2ccccc2)cccc1N(c1ccccc1)c1cccc(-c2cccc3c2oc2ccccc23)c1. The summed E-state index contributed by atoms with van der Waals surface area (Å²) in [5, 5.41) is 2.87. The average Bonchev–Trinajstić information content (AvgIpc) is 3.51. The lowest BCUT2D eigenvalue weighted by atomic mass is 10.0. The van der Waals surface area contributed by atoms with Crippen molar-refractivity contribution < 1.29 is 4.42 Å². The monoisotopic (exact) mass is 612 g/mol. The van der Waals surface area contributed by atoms with Crippen molar-refractivity contribution in [3.05, 3.63) is 181 Å². The van der Waals surface area contributed by atoms with Crippen LogP contribution < -0.4 is 9.80 Å². The summed E-state index contributed by atoms with van der Waals surface area (Å²) in [5.74, 6) is 0. The fourth-order valence-corrected chi connectivity index (χ4v) is 6.52. The van der Waals surface area contributed by atoms with Crippen LogP contribution >= 0.6 is 11.6 Å². The molecule has 7 aromatic carbocycles. The molecule has 4 heteroatoms. The number of furan rings is 1. The fourth-order valence-electron chi connectivity index (χ4n) is 6.23. The lowest BCUT2D eigenvalue weighted by Gasteiger charge is -2.31. The standard InChI is InChI=1S/C42H29ClN2O/c43-41-38(44(31-16-4-1-5-17-31)32-18-6-2-7-19-32)26-14-27-39(41)45(33-20-8-3-9-21-33)34-22-12-15-30(29-34)35-24-13-25-37-36-23-10-11-28-40(36)46-42(35)37/h1-29H. The minimum absolute atomic E-state index is 0.642. The molecule has 0 unspecified atom stereocenters. The molecule has 3 nitrogen and oxygen atoms in total. The molecule has 0 spiro atoms. The van der Waals surface area contributed by atoms with Gasteiger partial charge in [0.15, 0.2) is 0 Å². The third-order valence-electron chi connectivity index (χ3n) is 8.30. The Kier molecular flexibility index (Phi) is 7.22. The molecule has 220 valence electrons.